The Balaban J connectivity index is 1.75. The highest BCUT2D eigenvalue weighted by molar-refractivity contribution is 7.09. The third kappa shape index (κ3) is 2.77. The molecule has 14 heavy (non-hydrogen) atoms. The SMILES string of the molecule is NC1CCCC(OCc2cncs2)C1. The summed E-state index contributed by atoms with van der Waals surface area (Å²) >= 11 is 1.64. The van der Waals surface area contributed by atoms with E-state index in [0.717, 1.165) is 19.3 Å². The van der Waals surface area contributed by atoms with Crippen molar-refractivity contribution in [2.24, 2.45) is 5.73 Å². The normalized spacial score (nSPS) is 27.8. The lowest BCUT2D eigenvalue weighted by molar-refractivity contribution is 0.0135. The van der Waals surface area contributed by atoms with Crippen LogP contribution in [-0.4, -0.2) is 17.1 Å². The summed E-state index contributed by atoms with van der Waals surface area (Å²) in [5.41, 5.74) is 7.72. The molecule has 1 fully saturated rings. The second-order valence-corrected chi connectivity index (χ2v) is 4.80. The van der Waals surface area contributed by atoms with Gasteiger partial charge in [0.2, 0.25) is 0 Å². The third-order valence-corrected chi connectivity index (χ3v) is 3.36. The zero-order valence-electron chi connectivity index (χ0n) is 8.19. The van der Waals surface area contributed by atoms with Crippen LogP contribution in [0.4, 0.5) is 0 Å². The Bertz CT molecular complexity index is 263. The summed E-state index contributed by atoms with van der Waals surface area (Å²) < 4.78 is 5.79. The molecule has 0 aromatic carbocycles. The van der Waals surface area contributed by atoms with E-state index in [-0.39, 0.29) is 0 Å². The average Bonchev–Trinajstić information content (AvgIpc) is 2.67. The molecule has 1 aliphatic rings. The van der Waals surface area contributed by atoms with Crippen molar-refractivity contribution in [3.8, 4) is 0 Å². The van der Waals surface area contributed by atoms with E-state index in [1.165, 1.54) is 11.3 Å². The Morgan fingerprint density at radius 3 is 3.21 bits per heavy atom. The summed E-state index contributed by atoms with van der Waals surface area (Å²) in [6.45, 7) is 0.696. The number of ether oxygens (including phenoxy) is 1. The zero-order chi connectivity index (χ0) is 9.80. The molecule has 0 amide bonds. The Kier molecular flexibility index (Phi) is 3.50. The van der Waals surface area contributed by atoms with Crippen molar-refractivity contribution in [2.75, 3.05) is 0 Å². The quantitative estimate of drug-likeness (QED) is 0.832. The van der Waals surface area contributed by atoms with Crippen LogP contribution < -0.4 is 5.73 Å². The van der Waals surface area contributed by atoms with Crippen molar-refractivity contribution >= 4 is 11.3 Å². The molecule has 2 unspecified atom stereocenters. The van der Waals surface area contributed by atoms with Crippen LogP contribution in [0.5, 0.6) is 0 Å². The minimum Gasteiger partial charge on any atom is -0.373 e. The number of rotatable bonds is 3. The van der Waals surface area contributed by atoms with Crippen molar-refractivity contribution in [3.05, 3.63) is 16.6 Å². The molecule has 2 atom stereocenters. The number of hydrogen-bond donors (Lipinski definition) is 1. The van der Waals surface area contributed by atoms with Gasteiger partial charge in [-0.25, -0.2) is 0 Å². The van der Waals surface area contributed by atoms with Crippen LogP contribution in [0.1, 0.15) is 30.6 Å². The summed E-state index contributed by atoms with van der Waals surface area (Å²) in [5.74, 6) is 0. The van der Waals surface area contributed by atoms with Crippen LogP contribution in [0.2, 0.25) is 0 Å². The van der Waals surface area contributed by atoms with Gasteiger partial charge in [0.05, 0.1) is 23.1 Å². The molecule has 0 radical (unpaired) electrons. The minimum atomic E-state index is 0.343. The van der Waals surface area contributed by atoms with Gasteiger partial charge in [-0.2, -0.15) is 0 Å². The van der Waals surface area contributed by atoms with Crippen molar-refractivity contribution in [1.29, 1.82) is 0 Å². The van der Waals surface area contributed by atoms with Crippen LogP contribution in [0.3, 0.4) is 0 Å². The fraction of sp³-hybridized carbons (Fsp3) is 0.700. The summed E-state index contributed by atoms with van der Waals surface area (Å²) in [6, 6.07) is 0.343. The van der Waals surface area contributed by atoms with Gasteiger partial charge in [-0.1, -0.05) is 0 Å². The van der Waals surface area contributed by atoms with Gasteiger partial charge >= 0.3 is 0 Å². The topological polar surface area (TPSA) is 48.1 Å². The van der Waals surface area contributed by atoms with Gasteiger partial charge in [-0.15, -0.1) is 11.3 Å². The van der Waals surface area contributed by atoms with Gasteiger partial charge in [0, 0.05) is 12.2 Å². The highest BCUT2D eigenvalue weighted by Gasteiger charge is 2.19. The van der Waals surface area contributed by atoms with Crippen LogP contribution in [0.25, 0.3) is 0 Å². The lowest BCUT2D eigenvalue weighted by atomic mass is 9.94. The van der Waals surface area contributed by atoms with Crippen LogP contribution in [0.15, 0.2) is 11.7 Å². The minimum absolute atomic E-state index is 0.343. The van der Waals surface area contributed by atoms with Crippen LogP contribution in [0, 0.1) is 0 Å². The second kappa shape index (κ2) is 4.87. The summed E-state index contributed by atoms with van der Waals surface area (Å²) in [7, 11) is 0. The fourth-order valence-corrected chi connectivity index (χ4v) is 2.36. The van der Waals surface area contributed by atoms with Gasteiger partial charge < -0.3 is 10.5 Å². The highest BCUT2D eigenvalue weighted by atomic mass is 32.1. The molecule has 3 nitrogen and oxygen atoms in total. The first-order valence-corrected chi connectivity index (χ1v) is 5.97. The molecule has 1 aromatic heterocycles. The average molecular weight is 212 g/mol. The third-order valence-electron chi connectivity index (χ3n) is 2.61. The van der Waals surface area contributed by atoms with Crippen molar-refractivity contribution in [3.63, 3.8) is 0 Å². The number of aromatic nitrogens is 1. The monoisotopic (exact) mass is 212 g/mol. The molecule has 1 aromatic rings. The molecule has 1 aliphatic carbocycles. The molecule has 2 rings (SSSR count). The van der Waals surface area contributed by atoms with Gasteiger partial charge in [-0.3, -0.25) is 4.98 Å². The maximum absolute atomic E-state index is 5.88. The first-order chi connectivity index (χ1) is 6.84. The van der Waals surface area contributed by atoms with E-state index in [0.29, 0.717) is 18.8 Å². The second-order valence-electron chi connectivity index (χ2n) is 3.83. The van der Waals surface area contributed by atoms with E-state index in [1.807, 2.05) is 11.7 Å². The van der Waals surface area contributed by atoms with Gasteiger partial charge in [0.1, 0.15) is 0 Å². The molecule has 4 heteroatoms. The predicted octanol–water partition coefficient (Wildman–Crippen LogP) is 1.93. The summed E-state index contributed by atoms with van der Waals surface area (Å²) in [5, 5.41) is 0. The highest BCUT2D eigenvalue weighted by Crippen LogP contribution is 2.21. The van der Waals surface area contributed by atoms with E-state index in [9.17, 15) is 0 Å². The molecule has 2 N–H and O–H groups in total. The number of hydrogen-bond acceptors (Lipinski definition) is 4. The van der Waals surface area contributed by atoms with E-state index in [2.05, 4.69) is 4.98 Å². The molecule has 0 bridgehead atoms. The predicted molar refractivity (Wildman–Crippen MR) is 57.1 cm³/mol. The van der Waals surface area contributed by atoms with Gasteiger partial charge in [0.15, 0.2) is 0 Å². The van der Waals surface area contributed by atoms with Crippen molar-refractivity contribution < 1.29 is 4.74 Å². The summed E-state index contributed by atoms with van der Waals surface area (Å²) in [4.78, 5) is 5.21. The van der Waals surface area contributed by atoms with Crippen molar-refractivity contribution in [1.82, 2.24) is 4.98 Å². The zero-order valence-corrected chi connectivity index (χ0v) is 9.00. The fourth-order valence-electron chi connectivity index (χ4n) is 1.85. The maximum Gasteiger partial charge on any atom is 0.0829 e. The lowest BCUT2D eigenvalue weighted by Gasteiger charge is -2.26. The van der Waals surface area contributed by atoms with Gasteiger partial charge in [0.25, 0.3) is 0 Å². The van der Waals surface area contributed by atoms with Crippen molar-refractivity contribution in [2.45, 2.75) is 44.4 Å². The number of thiazole rings is 1. The first kappa shape index (κ1) is 10.1. The smallest absolute Gasteiger partial charge is 0.0829 e. The largest absolute Gasteiger partial charge is 0.373 e. The van der Waals surface area contributed by atoms with E-state index < -0.39 is 0 Å². The van der Waals surface area contributed by atoms with E-state index >= 15 is 0 Å². The number of nitrogens with two attached hydrogens (primary N) is 1. The molecule has 78 valence electrons. The Hall–Kier alpha value is -0.450. The Morgan fingerprint density at radius 1 is 1.57 bits per heavy atom. The molecular weight excluding hydrogens is 196 g/mol. The van der Waals surface area contributed by atoms with Crippen LogP contribution in [-0.2, 0) is 11.3 Å². The number of nitrogens with zero attached hydrogens (tertiary/aromatic N) is 1. The van der Waals surface area contributed by atoms with Crippen LogP contribution >= 0.6 is 11.3 Å². The molecule has 0 aliphatic heterocycles. The Morgan fingerprint density at radius 2 is 2.50 bits per heavy atom. The lowest BCUT2D eigenvalue weighted by Crippen LogP contribution is -2.32. The molecule has 0 spiro atoms. The van der Waals surface area contributed by atoms with Gasteiger partial charge in [-0.05, 0) is 25.7 Å². The molecule has 1 heterocycles. The molecule has 1 saturated carbocycles. The standard InChI is InChI=1S/C10H16N2OS/c11-8-2-1-3-9(4-8)13-6-10-5-12-7-14-10/h5,7-9H,1-4,6,11H2. The summed E-state index contributed by atoms with van der Waals surface area (Å²) in [6.07, 6.45) is 6.76. The van der Waals surface area contributed by atoms with E-state index in [4.69, 9.17) is 10.5 Å². The Labute approximate surface area is 88.3 Å². The molecular formula is C10H16N2OS. The first-order valence-electron chi connectivity index (χ1n) is 5.09. The van der Waals surface area contributed by atoms with E-state index in [1.54, 1.807) is 11.3 Å². The molecule has 0 saturated heterocycles. The maximum atomic E-state index is 5.88.